The minimum atomic E-state index is -1.93. The van der Waals surface area contributed by atoms with Crippen molar-refractivity contribution in [1.29, 1.82) is 0 Å². The molecular formula is C22H29N3O7. The molecule has 3 rings (SSSR count). The molecule has 3 amide bonds. The number of fused-ring (bicyclic) bond motifs is 2. The zero-order chi connectivity index (χ0) is 24.4. The number of nitro groups is 1. The van der Waals surface area contributed by atoms with Gasteiger partial charge in [-0.2, -0.15) is 0 Å². The van der Waals surface area contributed by atoms with Gasteiger partial charge < -0.3 is 15.2 Å². The lowest BCUT2D eigenvalue weighted by molar-refractivity contribution is -0.543. The molecule has 2 N–H and O–H groups in total. The summed E-state index contributed by atoms with van der Waals surface area (Å²) in [5.41, 5.74) is -2.54. The van der Waals surface area contributed by atoms with Gasteiger partial charge in [-0.05, 0) is 52.7 Å². The average molecular weight is 447 g/mol. The van der Waals surface area contributed by atoms with E-state index in [2.05, 4.69) is 5.32 Å². The number of carbonyl (C=O) groups is 3. The normalized spacial score (nSPS) is 29.2. The van der Waals surface area contributed by atoms with E-state index in [-0.39, 0.29) is 12.1 Å². The van der Waals surface area contributed by atoms with Crippen LogP contribution in [-0.4, -0.2) is 51.2 Å². The third-order valence-electron chi connectivity index (χ3n) is 6.02. The molecule has 1 aliphatic carbocycles. The van der Waals surface area contributed by atoms with Gasteiger partial charge in [0.2, 0.25) is 11.8 Å². The molecule has 1 heterocycles. The molecule has 1 fully saturated rings. The van der Waals surface area contributed by atoms with Crippen LogP contribution in [0.1, 0.15) is 57.7 Å². The number of anilines is 1. The van der Waals surface area contributed by atoms with E-state index in [1.165, 1.54) is 13.8 Å². The van der Waals surface area contributed by atoms with Crippen LogP contribution in [0.15, 0.2) is 12.1 Å². The molecule has 1 spiro atoms. The predicted molar refractivity (Wildman–Crippen MR) is 115 cm³/mol. The maximum Gasteiger partial charge on any atom is 0.421 e. The van der Waals surface area contributed by atoms with Crippen molar-refractivity contribution in [3.05, 3.63) is 38.9 Å². The van der Waals surface area contributed by atoms with Crippen LogP contribution in [0.25, 0.3) is 0 Å². The summed E-state index contributed by atoms with van der Waals surface area (Å²) in [5.74, 6) is -1.35. The Kier molecular flexibility index (Phi) is 5.37. The first-order valence-corrected chi connectivity index (χ1v) is 10.3. The van der Waals surface area contributed by atoms with E-state index in [1.807, 2.05) is 0 Å². The molecule has 10 nitrogen and oxygen atoms in total. The Morgan fingerprint density at radius 1 is 1.31 bits per heavy atom. The second kappa shape index (κ2) is 7.26. The molecule has 1 saturated carbocycles. The number of aryl methyl sites for hydroxylation is 2. The highest BCUT2D eigenvalue weighted by Gasteiger charge is 2.73. The van der Waals surface area contributed by atoms with Crippen molar-refractivity contribution in [2.45, 2.75) is 83.6 Å². The van der Waals surface area contributed by atoms with Gasteiger partial charge in [-0.15, -0.1) is 0 Å². The summed E-state index contributed by atoms with van der Waals surface area (Å²) in [7, 11) is 0. The Bertz CT molecular complexity index is 1030. The summed E-state index contributed by atoms with van der Waals surface area (Å²) >= 11 is 0. The lowest BCUT2D eigenvalue weighted by Gasteiger charge is -2.30. The Morgan fingerprint density at radius 2 is 1.91 bits per heavy atom. The monoisotopic (exact) mass is 447 g/mol. The number of aliphatic hydroxyl groups is 1. The molecule has 0 unspecified atom stereocenters. The second-order valence-corrected chi connectivity index (χ2v) is 10.0. The summed E-state index contributed by atoms with van der Waals surface area (Å²) < 4.78 is 5.46. The number of nitrogens with zero attached hydrogens (tertiary/aromatic N) is 2. The van der Waals surface area contributed by atoms with Crippen molar-refractivity contribution >= 4 is 23.6 Å². The van der Waals surface area contributed by atoms with E-state index in [9.17, 15) is 29.6 Å². The lowest BCUT2D eigenvalue weighted by Crippen LogP contribution is -2.59. The molecule has 1 aromatic rings. The average Bonchev–Trinajstić information content (AvgIpc) is 2.95. The Morgan fingerprint density at radius 3 is 2.41 bits per heavy atom. The van der Waals surface area contributed by atoms with Gasteiger partial charge in [-0.3, -0.25) is 19.7 Å². The first-order valence-electron chi connectivity index (χ1n) is 10.3. The standard InChI is InChI=1S/C22H29N3O7/c1-11-8-12(2)15-14(9-11)22(18(27)24(15)19(28)32-20(4,5)6)10-21(7,29)17(25(30)31)16(22)23-13(3)26/h8-9,16-17,29H,10H2,1-7H3,(H,23,26)/t16-,17-,21+,22-/m0/s1. The second-order valence-electron chi connectivity index (χ2n) is 10.0. The van der Waals surface area contributed by atoms with Gasteiger partial charge in [0.15, 0.2) is 0 Å². The van der Waals surface area contributed by atoms with Gasteiger partial charge >= 0.3 is 6.09 Å². The minimum Gasteiger partial charge on any atom is -0.443 e. The highest BCUT2D eigenvalue weighted by atomic mass is 16.6. The molecule has 1 aromatic carbocycles. The summed E-state index contributed by atoms with van der Waals surface area (Å²) in [6.07, 6.45) is -1.26. The fraction of sp³-hybridized carbons (Fsp3) is 0.591. The van der Waals surface area contributed by atoms with E-state index >= 15 is 0 Å². The molecule has 32 heavy (non-hydrogen) atoms. The van der Waals surface area contributed by atoms with Gasteiger partial charge in [0.1, 0.15) is 22.7 Å². The third kappa shape index (κ3) is 3.52. The van der Waals surface area contributed by atoms with E-state index in [0.29, 0.717) is 11.1 Å². The van der Waals surface area contributed by atoms with E-state index in [0.717, 1.165) is 10.5 Å². The topological polar surface area (TPSA) is 139 Å². The zero-order valence-electron chi connectivity index (χ0n) is 19.3. The fourth-order valence-electron chi connectivity index (χ4n) is 5.14. The van der Waals surface area contributed by atoms with Crippen LogP contribution < -0.4 is 10.2 Å². The number of ether oxygens (including phenoxy) is 1. The Labute approximate surface area is 186 Å². The van der Waals surface area contributed by atoms with Crippen molar-refractivity contribution in [2.75, 3.05) is 4.90 Å². The summed E-state index contributed by atoms with van der Waals surface area (Å²) in [5, 5.41) is 25.6. The van der Waals surface area contributed by atoms with Crippen molar-refractivity contribution in [3.63, 3.8) is 0 Å². The number of carbonyl (C=O) groups excluding carboxylic acids is 3. The summed E-state index contributed by atoms with van der Waals surface area (Å²) in [6, 6.07) is 0.429. The van der Waals surface area contributed by atoms with Gasteiger partial charge in [0.25, 0.3) is 6.04 Å². The lowest BCUT2D eigenvalue weighted by atomic mass is 9.75. The number of amides is 3. The molecule has 2 aliphatic rings. The third-order valence-corrected chi connectivity index (χ3v) is 6.02. The van der Waals surface area contributed by atoms with Crippen LogP contribution in [0.5, 0.6) is 0 Å². The molecule has 4 atom stereocenters. The summed E-state index contributed by atoms with van der Waals surface area (Å²) in [6.45, 7) is 11.0. The Balaban J connectivity index is 2.33. The van der Waals surface area contributed by atoms with Gasteiger partial charge in [0, 0.05) is 18.3 Å². The van der Waals surface area contributed by atoms with Gasteiger partial charge in [-0.25, -0.2) is 9.69 Å². The SMILES string of the molecule is CC(=O)N[C@H]1[C@H]([N+](=O)[O-])[C@](C)(O)C[C@@]12C(=O)N(C(=O)OC(C)(C)C)c1c(C)cc(C)cc12. The fourth-order valence-corrected chi connectivity index (χ4v) is 5.14. The largest absolute Gasteiger partial charge is 0.443 e. The number of imide groups is 1. The molecular weight excluding hydrogens is 418 g/mol. The van der Waals surface area contributed by atoms with E-state index in [4.69, 9.17) is 4.74 Å². The molecule has 174 valence electrons. The molecule has 10 heteroatoms. The first kappa shape index (κ1) is 23.6. The number of nitrogens with one attached hydrogen (secondary N) is 1. The van der Waals surface area contributed by atoms with Crippen molar-refractivity contribution in [2.24, 2.45) is 0 Å². The number of hydrogen-bond acceptors (Lipinski definition) is 7. The molecule has 0 radical (unpaired) electrons. The predicted octanol–water partition coefficient (Wildman–Crippen LogP) is 2.13. The maximum atomic E-state index is 14.0. The zero-order valence-corrected chi connectivity index (χ0v) is 19.3. The highest BCUT2D eigenvalue weighted by Crippen LogP contribution is 2.56. The number of benzene rings is 1. The van der Waals surface area contributed by atoms with Crippen LogP contribution >= 0.6 is 0 Å². The quantitative estimate of drug-likeness (QED) is 0.523. The van der Waals surface area contributed by atoms with Crippen molar-refractivity contribution < 1.29 is 29.2 Å². The molecule has 1 aliphatic heterocycles. The van der Waals surface area contributed by atoms with E-state index in [1.54, 1.807) is 46.8 Å². The van der Waals surface area contributed by atoms with Crippen LogP contribution in [-0.2, 0) is 19.7 Å². The van der Waals surface area contributed by atoms with Gasteiger partial charge in [-0.1, -0.05) is 17.7 Å². The molecule has 0 saturated heterocycles. The van der Waals surface area contributed by atoms with Crippen LogP contribution in [0.2, 0.25) is 0 Å². The van der Waals surface area contributed by atoms with Crippen molar-refractivity contribution in [1.82, 2.24) is 5.32 Å². The Hall–Kier alpha value is -3.01. The number of hydrogen-bond donors (Lipinski definition) is 2. The smallest absolute Gasteiger partial charge is 0.421 e. The molecule has 0 aromatic heterocycles. The van der Waals surface area contributed by atoms with Crippen LogP contribution in [0, 0.1) is 24.0 Å². The highest BCUT2D eigenvalue weighted by molar-refractivity contribution is 6.22. The van der Waals surface area contributed by atoms with E-state index < -0.39 is 51.5 Å². The minimum absolute atomic E-state index is 0.269. The van der Waals surface area contributed by atoms with Crippen LogP contribution in [0.3, 0.4) is 0 Å². The molecule has 0 bridgehead atoms. The maximum absolute atomic E-state index is 14.0. The first-order chi connectivity index (χ1) is 14.5. The number of rotatable bonds is 2. The van der Waals surface area contributed by atoms with Gasteiger partial charge in [0.05, 0.1) is 5.69 Å². The summed E-state index contributed by atoms with van der Waals surface area (Å²) in [4.78, 5) is 51.3. The van der Waals surface area contributed by atoms with Crippen LogP contribution in [0.4, 0.5) is 10.5 Å². The van der Waals surface area contributed by atoms with Crippen molar-refractivity contribution in [3.8, 4) is 0 Å².